The summed E-state index contributed by atoms with van der Waals surface area (Å²) < 4.78 is 24.1. The van der Waals surface area contributed by atoms with Crippen LogP contribution < -0.4 is 14.8 Å². The Morgan fingerprint density at radius 1 is 1.19 bits per heavy atom. The number of fused-ring (bicyclic) bond motifs is 1. The Kier molecular flexibility index (Phi) is 7.30. The van der Waals surface area contributed by atoms with E-state index in [1.54, 1.807) is 12.1 Å². The van der Waals surface area contributed by atoms with Crippen LogP contribution in [-0.2, 0) is 0 Å². The monoisotopic (exact) mass is 358 g/mol. The van der Waals surface area contributed by atoms with Crippen molar-refractivity contribution in [3.8, 4) is 11.5 Å². The van der Waals surface area contributed by atoms with Gasteiger partial charge in [0.2, 0.25) is 6.79 Å². The van der Waals surface area contributed by atoms with Gasteiger partial charge in [-0.1, -0.05) is 11.6 Å². The van der Waals surface area contributed by atoms with Gasteiger partial charge in [0.15, 0.2) is 11.5 Å². The number of rotatable bonds is 3. The van der Waals surface area contributed by atoms with Crippen molar-refractivity contribution < 1.29 is 13.9 Å². The summed E-state index contributed by atoms with van der Waals surface area (Å²) in [6.45, 7) is 3.12. The van der Waals surface area contributed by atoms with Crippen molar-refractivity contribution in [2.75, 3.05) is 39.6 Å². The minimum atomic E-state index is -0.459. The van der Waals surface area contributed by atoms with Crippen molar-refractivity contribution in [2.24, 2.45) is 0 Å². The molecule has 0 aliphatic carbocycles. The lowest BCUT2D eigenvalue weighted by Gasteiger charge is -2.34. The number of benzene rings is 1. The van der Waals surface area contributed by atoms with Crippen molar-refractivity contribution in [3.63, 3.8) is 0 Å². The van der Waals surface area contributed by atoms with E-state index in [-0.39, 0.29) is 37.6 Å². The Morgan fingerprint density at radius 3 is 2.43 bits per heavy atom. The number of hydrogen-bond donors (Lipinski definition) is 1. The topological polar surface area (TPSA) is 33.7 Å². The SMILES string of the molecule is Cl.Cl.FC[C@H](c1cc2c(cc1Cl)OCO2)N1CCNCC1. The molecule has 1 aromatic carbocycles. The molecule has 21 heavy (non-hydrogen) atoms. The lowest BCUT2D eigenvalue weighted by Crippen LogP contribution is -2.45. The molecule has 2 heterocycles. The standard InChI is InChI=1S/C13H16ClFN2O2.2ClH/c14-10-6-13-12(18-8-19-13)5-9(10)11(7-15)17-3-1-16-2-4-17;;/h5-6,11,16H,1-4,7-8H2;2*1H/t11-;;/m1../s1. The van der Waals surface area contributed by atoms with E-state index in [0.717, 1.165) is 31.7 Å². The second-order valence-corrected chi connectivity index (χ2v) is 5.09. The molecule has 2 aliphatic heterocycles. The van der Waals surface area contributed by atoms with Crippen LogP contribution in [0.15, 0.2) is 12.1 Å². The molecule has 1 atom stereocenters. The molecule has 1 N–H and O–H groups in total. The first kappa shape index (κ1) is 18.6. The molecular weight excluding hydrogens is 342 g/mol. The second-order valence-electron chi connectivity index (χ2n) is 4.68. The fourth-order valence-corrected chi connectivity index (χ4v) is 2.84. The van der Waals surface area contributed by atoms with E-state index in [1.807, 2.05) is 0 Å². The molecule has 8 heteroatoms. The average molecular weight is 360 g/mol. The number of nitrogens with zero attached hydrogens (tertiary/aromatic N) is 1. The van der Waals surface area contributed by atoms with E-state index >= 15 is 0 Å². The van der Waals surface area contributed by atoms with Crippen molar-refractivity contribution in [2.45, 2.75) is 6.04 Å². The van der Waals surface area contributed by atoms with Gasteiger partial charge in [0, 0.05) is 37.3 Å². The summed E-state index contributed by atoms with van der Waals surface area (Å²) in [5, 5.41) is 3.79. The third-order valence-corrected chi connectivity index (χ3v) is 3.92. The molecule has 4 nitrogen and oxygen atoms in total. The zero-order valence-electron chi connectivity index (χ0n) is 11.3. The van der Waals surface area contributed by atoms with Crippen LogP contribution >= 0.6 is 36.4 Å². The highest BCUT2D eigenvalue weighted by Gasteiger charge is 2.26. The molecule has 2 aliphatic rings. The zero-order valence-corrected chi connectivity index (χ0v) is 13.7. The van der Waals surface area contributed by atoms with Crippen LogP contribution in [0.25, 0.3) is 0 Å². The smallest absolute Gasteiger partial charge is 0.231 e. The summed E-state index contributed by atoms with van der Waals surface area (Å²) >= 11 is 6.26. The summed E-state index contributed by atoms with van der Waals surface area (Å²) in [6.07, 6.45) is 0. The third kappa shape index (κ3) is 3.85. The van der Waals surface area contributed by atoms with Gasteiger partial charge in [-0.3, -0.25) is 4.90 Å². The van der Waals surface area contributed by atoms with E-state index in [0.29, 0.717) is 16.5 Å². The molecule has 1 aromatic rings. The van der Waals surface area contributed by atoms with Crippen LogP contribution in [0.5, 0.6) is 11.5 Å². The van der Waals surface area contributed by atoms with Crippen LogP contribution in [0.4, 0.5) is 4.39 Å². The van der Waals surface area contributed by atoms with Gasteiger partial charge >= 0.3 is 0 Å². The van der Waals surface area contributed by atoms with Gasteiger partial charge in [-0.15, -0.1) is 24.8 Å². The molecular formula is C13H18Cl3FN2O2. The number of ether oxygens (including phenoxy) is 2. The molecule has 1 saturated heterocycles. The maximum Gasteiger partial charge on any atom is 0.231 e. The zero-order chi connectivity index (χ0) is 13.2. The third-order valence-electron chi connectivity index (χ3n) is 3.59. The van der Waals surface area contributed by atoms with Crippen LogP contribution in [0.1, 0.15) is 11.6 Å². The van der Waals surface area contributed by atoms with Gasteiger partial charge in [0.25, 0.3) is 0 Å². The lowest BCUT2D eigenvalue weighted by molar-refractivity contribution is 0.147. The molecule has 0 unspecified atom stereocenters. The van der Waals surface area contributed by atoms with E-state index in [9.17, 15) is 4.39 Å². The lowest BCUT2D eigenvalue weighted by atomic mass is 10.0. The molecule has 0 amide bonds. The van der Waals surface area contributed by atoms with Gasteiger partial charge in [-0.05, 0) is 11.6 Å². The largest absolute Gasteiger partial charge is 0.454 e. The van der Waals surface area contributed by atoms with Gasteiger partial charge < -0.3 is 14.8 Å². The Labute approximate surface area is 140 Å². The number of piperazine rings is 1. The van der Waals surface area contributed by atoms with Crippen molar-refractivity contribution >= 4 is 36.4 Å². The predicted octanol–water partition coefficient (Wildman–Crippen LogP) is 2.83. The first-order valence-electron chi connectivity index (χ1n) is 6.39. The van der Waals surface area contributed by atoms with Crippen LogP contribution in [0.2, 0.25) is 5.02 Å². The summed E-state index contributed by atoms with van der Waals surface area (Å²) in [7, 11) is 0. The Hall–Kier alpha value is -0.460. The van der Waals surface area contributed by atoms with Crippen molar-refractivity contribution in [1.82, 2.24) is 10.2 Å². The first-order valence-corrected chi connectivity index (χ1v) is 6.77. The average Bonchev–Trinajstić information content (AvgIpc) is 2.88. The van der Waals surface area contributed by atoms with Crippen LogP contribution in [0.3, 0.4) is 0 Å². The highest BCUT2D eigenvalue weighted by Crippen LogP contribution is 2.40. The molecule has 0 bridgehead atoms. The molecule has 1 fully saturated rings. The van der Waals surface area contributed by atoms with E-state index in [4.69, 9.17) is 21.1 Å². The minimum absolute atomic E-state index is 0. The molecule has 0 radical (unpaired) electrons. The minimum Gasteiger partial charge on any atom is -0.454 e. The van der Waals surface area contributed by atoms with Gasteiger partial charge in [-0.2, -0.15) is 0 Å². The molecule has 3 rings (SSSR count). The van der Waals surface area contributed by atoms with Gasteiger partial charge in [0.05, 0.1) is 6.04 Å². The summed E-state index contributed by atoms with van der Waals surface area (Å²) in [5.41, 5.74) is 0.773. The van der Waals surface area contributed by atoms with E-state index < -0.39 is 6.67 Å². The molecule has 0 saturated carbocycles. The molecule has 0 spiro atoms. The van der Waals surface area contributed by atoms with Gasteiger partial charge in [0.1, 0.15) is 6.67 Å². The van der Waals surface area contributed by atoms with Crippen molar-refractivity contribution in [1.29, 1.82) is 0 Å². The van der Waals surface area contributed by atoms with E-state index in [1.165, 1.54) is 0 Å². The maximum atomic E-state index is 13.5. The first-order chi connectivity index (χ1) is 9.29. The highest BCUT2D eigenvalue weighted by atomic mass is 35.5. The summed E-state index contributed by atoms with van der Waals surface area (Å²) in [5.74, 6) is 1.28. The summed E-state index contributed by atoms with van der Waals surface area (Å²) in [4.78, 5) is 2.11. The van der Waals surface area contributed by atoms with Crippen LogP contribution in [0, 0.1) is 0 Å². The van der Waals surface area contributed by atoms with E-state index in [2.05, 4.69) is 10.2 Å². The quantitative estimate of drug-likeness (QED) is 0.900. The predicted molar refractivity (Wildman–Crippen MR) is 85.2 cm³/mol. The number of halogens is 4. The van der Waals surface area contributed by atoms with Crippen LogP contribution in [-0.4, -0.2) is 44.5 Å². The number of hydrogen-bond acceptors (Lipinski definition) is 4. The molecule has 120 valence electrons. The number of nitrogens with one attached hydrogen (secondary N) is 1. The fourth-order valence-electron chi connectivity index (χ4n) is 2.56. The maximum absolute atomic E-state index is 13.5. The normalized spacial score (nSPS) is 18.6. The molecule has 0 aromatic heterocycles. The Bertz CT molecular complexity index is 473. The Balaban J connectivity index is 0.00000110. The summed E-state index contributed by atoms with van der Waals surface area (Å²) in [6, 6.07) is 3.20. The fraction of sp³-hybridized carbons (Fsp3) is 0.538. The van der Waals surface area contributed by atoms with Gasteiger partial charge in [-0.25, -0.2) is 4.39 Å². The van der Waals surface area contributed by atoms with Crippen molar-refractivity contribution in [3.05, 3.63) is 22.7 Å². The second kappa shape index (κ2) is 8.25. The highest BCUT2D eigenvalue weighted by molar-refractivity contribution is 6.31. The Morgan fingerprint density at radius 2 is 1.81 bits per heavy atom. The number of alkyl halides is 1.